The number of H-pyrrole nitrogens is 1. The summed E-state index contributed by atoms with van der Waals surface area (Å²) in [6.07, 6.45) is 6.61. The van der Waals surface area contributed by atoms with Crippen LogP contribution < -0.4 is 5.73 Å². The molecule has 0 saturated heterocycles. The van der Waals surface area contributed by atoms with Gasteiger partial charge in [-0.3, -0.25) is 4.79 Å². The SMILES string of the molecule is CSCCCC(N)=O.Fc1ccc(-c2[nH]c3c(F)cc(F)cc3c2C2CCC2)cc1. The molecular formula is C23H25F3N2OS. The van der Waals surface area contributed by atoms with Crippen molar-refractivity contribution in [3.05, 3.63) is 59.4 Å². The van der Waals surface area contributed by atoms with Crippen molar-refractivity contribution in [1.29, 1.82) is 0 Å². The van der Waals surface area contributed by atoms with E-state index in [-0.39, 0.29) is 11.7 Å². The molecule has 30 heavy (non-hydrogen) atoms. The first kappa shape index (κ1) is 22.3. The number of rotatable bonds is 6. The molecule has 1 aromatic heterocycles. The number of aromatic nitrogens is 1. The summed E-state index contributed by atoms with van der Waals surface area (Å²) in [4.78, 5) is 13.2. The molecule has 1 heterocycles. The molecule has 2 aromatic carbocycles. The molecule has 1 aliphatic carbocycles. The molecule has 1 amide bonds. The maximum Gasteiger partial charge on any atom is 0.217 e. The van der Waals surface area contributed by atoms with Gasteiger partial charge in [-0.2, -0.15) is 11.8 Å². The highest BCUT2D eigenvalue weighted by molar-refractivity contribution is 7.98. The van der Waals surface area contributed by atoms with Crippen molar-refractivity contribution in [2.75, 3.05) is 12.0 Å². The molecule has 0 aliphatic heterocycles. The third-order valence-electron chi connectivity index (χ3n) is 5.28. The Kier molecular flexibility index (Phi) is 7.48. The zero-order chi connectivity index (χ0) is 21.7. The number of thioether (sulfide) groups is 1. The summed E-state index contributed by atoms with van der Waals surface area (Å²) >= 11 is 1.74. The number of aromatic amines is 1. The van der Waals surface area contributed by atoms with Crippen LogP contribution in [0, 0.1) is 17.5 Å². The Hall–Kier alpha value is -2.41. The minimum atomic E-state index is -0.594. The van der Waals surface area contributed by atoms with Gasteiger partial charge in [-0.1, -0.05) is 6.42 Å². The van der Waals surface area contributed by atoms with Gasteiger partial charge < -0.3 is 10.7 Å². The Labute approximate surface area is 178 Å². The van der Waals surface area contributed by atoms with E-state index in [1.165, 1.54) is 18.2 Å². The number of halogens is 3. The van der Waals surface area contributed by atoms with E-state index >= 15 is 0 Å². The van der Waals surface area contributed by atoms with Gasteiger partial charge in [0, 0.05) is 17.9 Å². The predicted octanol–water partition coefficient (Wildman–Crippen LogP) is 6.13. The third-order valence-corrected chi connectivity index (χ3v) is 5.98. The van der Waals surface area contributed by atoms with Gasteiger partial charge in [0.2, 0.25) is 5.91 Å². The molecular weight excluding hydrogens is 409 g/mol. The third kappa shape index (κ3) is 5.19. The molecule has 0 radical (unpaired) electrons. The molecule has 4 rings (SSSR count). The van der Waals surface area contributed by atoms with Crippen molar-refractivity contribution in [3.63, 3.8) is 0 Å². The summed E-state index contributed by atoms with van der Waals surface area (Å²) < 4.78 is 40.8. The van der Waals surface area contributed by atoms with E-state index in [1.54, 1.807) is 23.9 Å². The number of carbonyl (C=O) groups is 1. The minimum Gasteiger partial charge on any atom is -0.370 e. The topological polar surface area (TPSA) is 58.9 Å². The summed E-state index contributed by atoms with van der Waals surface area (Å²) in [5.41, 5.74) is 7.72. The quantitative estimate of drug-likeness (QED) is 0.458. The van der Waals surface area contributed by atoms with Crippen LogP contribution in [0.25, 0.3) is 22.2 Å². The van der Waals surface area contributed by atoms with Crippen molar-refractivity contribution in [1.82, 2.24) is 4.98 Å². The highest BCUT2D eigenvalue weighted by Gasteiger charge is 2.27. The lowest BCUT2D eigenvalue weighted by atomic mass is 9.78. The van der Waals surface area contributed by atoms with Crippen molar-refractivity contribution in [3.8, 4) is 11.3 Å². The molecule has 160 valence electrons. The van der Waals surface area contributed by atoms with Crippen LogP contribution in [0.2, 0.25) is 0 Å². The molecule has 0 atom stereocenters. The number of benzene rings is 2. The van der Waals surface area contributed by atoms with Gasteiger partial charge in [-0.05, 0) is 78.6 Å². The normalized spacial score (nSPS) is 13.6. The van der Waals surface area contributed by atoms with Crippen LogP contribution in [0.4, 0.5) is 13.2 Å². The number of amides is 1. The Bertz CT molecular complexity index is 1010. The van der Waals surface area contributed by atoms with Crippen molar-refractivity contribution in [2.45, 2.75) is 38.0 Å². The van der Waals surface area contributed by atoms with Crippen molar-refractivity contribution < 1.29 is 18.0 Å². The molecule has 3 aromatic rings. The number of fused-ring (bicyclic) bond motifs is 1. The molecule has 3 N–H and O–H groups in total. The fourth-order valence-corrected chi connectivity index (χ4v) is 4.03. The smallest absolute Gasteiger partial charge is 0.217 e. The van der Waals surface area contributed by atoms with Gasteiger partial charge in [-0.25, -0.2) is 13.2 Å². The fourth-order valence-electron chi connectivity index (χ4n) is 3.60. The van der Waals surface area contributed by atoms with Crippen LogP contribution in [-0.4, -0.2) is 22.9 Å². The standard InChI is InChI=1S/C18H14F3N.C5H11NOS/c19-12-6-4-11(5-7-12)17-16(10-2-1-3-10)14-8-13(20)9-15(21)18(14)22-17;1-8-4-2-3-5(6)7/h4-10,22H,1-3H2;2-4H2,1H3,(H2,6,7). The van der Waals surface area contributed by atoms with E-state index in [1.807, 2.05) is 6.26 Å². The molecule has 1 saturated carbocycles. The lowest BCUT2D eigenvalue weighted by Crippen LogP contribution is -2.09. The van der Waals surface area contributed by atoms with Crippen LogP contribution in [0.5, 0.6) is 0 Å². The Morgan fingerprint density at radius 3 is 2.40 bits per heavy atom. The second-order valence-electron chi connectivity index (χ2n) is 7.42. The molecule has 7 heteroatoms. The maximum absolute atomic E-state index is 14.1. The highest BCUT2D eigenvalue weighted by Crippen LogP contribution is 2.45. The van der Waals surface area contributed by atoms with Gasteiger partial charge in [0.25, 0.3) is 0 Å². The summed E-state index contributed by atoms with van der Waals surface area (Å²) in [7, 11) is 0. The second kappa shape index (κ2) is 10.1. The Balaban J connectivity index is 0.000000275. The van der Waals surface area contributed by atoms with E-state index in [0.717, 1.165) is 54.3 Å². The van der Waals surface area contributed by atoms with E-state index in [0.29, 0.717) is 23.2 Å². The van der Waals surface area contributed by atoms with Crippen LogP contribution in [-0.2, 0) is 4.79 Å². The summed E-state index contributed by atoms with van der Waals surface area (Å²) in [5, 5.41) is 0.599. The zero-order valence-corrected chi connectivity index (χ0v) is 17.6. The minimum absolute atomic E-state index is 0.195. The van der Waals surface area contributed by atoms with Crippen LogP contribution >= 0.6 is 11.8 Å². The Morgan fingerprint density at radius 1 is 1.13 bits per heavy atom. The lowest BCUT2D eigenvalue weighted by molar-refractivity contribution is -0.118. The van der Waals surface area contributed by atoms with E-state index in [9.17, 15) is 18.0 Å². The number of nitrogens with two attached hydrogens (primary N) is 1. The number of hydrogen-bond donors (Lipinski definition) is 2. The van der Waals surface area contributed by atoms with Gasteiger partial charge in [0.15, 0.2) is 0 Å². The average molecular weight is 435 g/mol. The highest BCUT2D eigenvalue weighted by atomic mass is 32.2. The number of carbonyl (C=O) groups excluding carboxylic acids is 1. The first-order chi connectivity index (χ1) is 14.4. The van der Waals surface area contributed by atoms with Gasteiger partial charge in [0.05, 0.1) is 11.2 Å². The summed E-state index contributed by atoms with van der Waals surface area (Å²) in [6.45, 7) is 0. The van der Waals surface area contributed by atoms with Gasteiger partial charge >= 0.3 is 0 Å². The van der Waals surface area contributed by atoms with Crippen LogP contribution in [0.3, 0.4) is 0 Å². The summed E-state index contributed by atoms with van der Waals surface area (Å²) in [6, 6.07) is 8.35. The lowest BCUT2D eigenvalue weighted by Gasteiger charge is -2.26. The van der Waals surface area contributed by atoms with Crippen molar-refractivity contribution in [2.24, 2.45) is 5.73 Å². The number of nitrogens with one attached hydrogen (secondary N) is 1. The van der Waals surface area contributed by atoms with E-state index in [2.05, 4.69) is 4.98 Å². The van der Waals surface area contributed by atoms with Crippen LogP contribution in [0.1, 0.15) is 43.6 Å². The fraction of sp³-hybridized carbons (Fsp3) is 0.348. The molecule has 0 spiro atoms. The second-order valence-corrected chi connectivity index (χ2v) is 8.41. The average Bonchev–Trinajstić information content (AvgIpc) is 3.01. The Morgan fingerprint density at radius 2 is 1.83 bits per heavy atom. The predicted molar refractivity (Wildman–Crippen MR) is 117 cm³/mol. The van der Waals surface area contributed by atoms with Crippen LogP contribution in [0.15, 0.2) is 36.4 Å². The first-order valence-corrected chi connectivity index (χ1v) is 11.3. The van der Waals surface area contributed by atoms with E-state index < -0.39 is 11.6 Å². The molecule has 1 fully saturated rings. The van der Waals surface area contributed by atoms with Crippen molar-refractivity contribution >= 4 is 28.6 Å². The number of hydrogen-bond acceptors (Lipinski definition) is 2. The van der Waals surface area contributed by atoms with Gasteiger partial charge in [0.1, 0.15) is 17.5 Å². The largest absolute Gasteiger partial charge is 0.370 e. The molecule has 0 unspecified atom stereocenters. The monoisotopic (exact) mass is 434 g/mol. The first-order valence-electron chi connectivity index (χ1n) is 9.94. The molecule has 0 bridgehead atoms. The summed E-state index contributed by atoms with van der Waals surface area (Å²) in [5.74, 6) is -0.348. The number of primary amides is 1. The zero-order valence-electron chi connectivity index (χ0n) is 16.8. The molecule has 1 aliphatic rings. The molecule has 3 nitrogen and oxygen atoms in total. The van der Waals surface area contributed by atoms with E-state index in [4.69, 9.17) is 5.73 Å². The maximum atomic E-state index is 14.1. The van der Waals surface area contributed by atoms with Gasteiger partial charge in [-0.15, -0.1) is 0 Å².